The molecule has 2 aromatic heterocycles. The number of nitrogens with one attached hydrogen (secondary N) is 1. The molecule has 2 heterocycles. The van der Waals surface area contributed by atoms with Gasteiger partial charge in [-0.25, -0.2) is 4.98 Å². The number of alkyl halides is 3. The number of hydrogen-bond acceptors (Lipinski definition) is 6. The van der Waals surface area contributed by atoms with Gasteiger partial charge in [-0.3, -0.25) is 9.48 Å². The first-order valence-corrected chi connectivity index (χ1v) is 9.09. The molecule has 0 aliphatic heterocycles. The van der Waals surface area contributed by atoms with Crippen molar-refractivity contribution < 1.29 is 32.9 Å². The smallest absolute Gasteiger partial charge is 0.416 e. The predicted molar refractivity (Wildman–Crippen MR) is 103 cm³/mol. The van der Waals surface area contributed by atoms with Gasteiger partial charge in [-0.05, 0) is 36.4 Å². The van der Waals surface area contributed by atoms with Crippen LogP contribution >= 0.6 is 0 Å². The molecule has 0 fully saturated rings. The fraction of sp³-hybridized carbons (Fsp3) is 0.250. The third-order valence-corrected chi connectivity index (χ3v) is 4.28. The van der Waals surface area contributed by atoms with E-state index in [4.69, 9.17) is 14.9 Å². The second kappa shape index (κ2) is 9.14. The van der Waals surface area contributed by atoms with E-state index in [2.05, 4.69) is 15.4 Å². The van der Waals surface area contributed by atoms with Gasteiger partial charge in [-0.1, -0.05) is 0 Å². The Morgan fingerprint density at radius 2 is 1.87 bits per heavy atom. The first-order chi connectivity index (χ1) is 14.7. The van der Waals surface area contributed by atoms with Gasteiger partial charge in [0.25, 0.3) is 5.91 Å². The van der Waals surface area contributed by atoms with Gasteiger partial charge in [-0.2, -0.15) is 18.3 Å². The van der Waals surface area contributed by atoms with E-state index < -0.39 is 36.9 Å². The van der Waals surface area contributed by atoms with Gasteiger partial charge >= 0.3 is 6.18 Å². The first-order valence-electron chi connectivity index (χ1n) is 9.09. The molecule has 1 amide bonds. The molecule has 11 heteroatoms. The van der Waals surface area contributed by atoms with Gasteiger partial charge in [0.2, 0.25) is 5.88 Å². The monoisotopic (exact) mass is 436 g/mol. The van der Waals surface area contributed by atoms with Crippen LogP contribution in [0.2, 0.25) is 0 Å². The van der Waals surface area contributed by atoms with Crippen LogP contribution in [0.25, 0.3) is 11.3 Å². The number of nitrogens with zero attached hydrogens (tertiary/aromatic N) is 3. The zero-order chi connectivity index (χ0) is 22.6. The van der Waals surface area contributed by atoms with Gasteiger partial charge in [0.05, 0.1) is 41.6 Å². The van der Waals surface area contributed by atoms with Crippen molar-refractivity contribution in [3.8, 4) is 22.9 Å². The fourth-order valence-corrected chi connectivity index (χ4v) is 2.64. The number of hydrogen-bond donors (Lipinski definition) is 3. The third kappa shape index (κ3) is 5.38. The molecule has 3 aromatic rings. The molecule has 0 radical (unpaired) electrons. The molecule has 0 bridgehead atoms. The largest absolute Gasteiger partial charge is 0.438 e. The Morgan fingerprint density at radius 3 is 2.42 bits per heavy atom. The molecule has 0 unspecified atom stereocenters. The fourth-order valence-electron chi connectivity index (χ4n) is 2.64. The van der Waals surface area contributed by atoms with Crippen molar-refractivity contribution in [3.63, 3.8) is 0 Å². The number of amides is 1. The highest BCUT2D eigenvalue weighted by Crippen LogP contribution is 2.34. The second-order valence-corrected chi connectivity index (χ2v) is 6.61. The molecule has 0 aliphatic rings. The normalized spacial score (nSPS) is 11.6. The van der Waals surface area contributed by atoms with Crippen molar-refractivity contribution in [1.29, 1.82) is 0 Å². The number of aliphatic hydroxyl groups excluding tert-OH is 2. The summed E-state index contributed by atoms with van der Waals surface area (Å²) in [5, 5.41) is 25.0. The zero-order valence-corrected chi connectivity index (χ0v) is 16.3. The van der Waals surface area contributed by atoms with E-state index in [-0.39, 0.29) is 17.2 Å². The number of carbonyl (C=O) groups is 1. The van der Waals surface area contributed by atoms with Crippen molar-refractivity contribution in [2.75, 3.05) is 13.2 Å². The topological polar surface area (TPSA) is 110 Å². The lowest BCUT2D eigenvalue weighted by Gasteiger charge is -2.15. The van der Waals surface area contributed by atoms with Crippen LogP contribution in [-0.2, 0) is 13.2 Å². The van der Waals surface area contributed by atoms with Crippen molar-refractivity contribution in [2.24, 2.45) is 7.05 Å². The minimum Gasteiger partial charge on any atom is -0.438 e. The Morgan fingerprint density at radius 1 is 1.19 bits per heavy atom. The van der Waals surface area contributed by atoms with Gasteiger partial charge in [0.1, 0.15) is 5.75 Å². The number of benzene rings is 1. The molecule has 0 aliphatic carbocycles. The number of rotatable bonds is 7. The quantitative estimate of drug-likeness (QED) is 0.525. The minimum atomic E-state index is -4.47. The number of ether oxygens (including phenoxy) is 1. The van der Waals surface area contributed by atoms with E-state index in [1.54, 1.807) is 19.3 Å². The molecule has 8 nitrogen and oxygen atoms in total. The molecule has 31 heavy (non-hydrogen) atoms. The Labute approximate surface area is 174 Å². The number of halogens is 3. The van der Waals surface area contributed by atoms with E-state index in [1.165, 1.54) is 29.1 Å². The van der Waals surface area contributed by atoms with Gasteiger partial charge < -0.3 is 20.3 Å². The summed E-state index contributed by atoms with van der Waals surface area (Å²) in [6.45, 7) is -0.893. The second-order valence-electron chi connectivity index (χ2n) is 6.61. The Hall–Kier alpha value is -3.44. The highest BCUT2D eigenvalue weighted by Gasteiger charge is 2.30. The van der Waals surface area contributed by atoms with Crippen molar-refractivity contribution in [1.82, 2.24) is 20.1 Å². The van der Waals surface area contributed by atoms with Gasteiger partial charge in [-0.15, -0.1) is 0 Å². The lowest BCUT2D eigenvalue weighted by atomic mass is 10.1. The standard InChI is InChI=1S/C20H19F3N4O4/c1-27-7-6-17(26-27)16-8-12(18(30)25-14(10-28)11-29)9-24-19(16)31-15-4-2-13(3-5-15)20(21,22)23/h2-9,14,28-29H,10-11H2,1H3,(H,25,30). The summed E-state index contributed by atoms with van der Waals surface area (Å²) in [6, 6.07) is 6.39. The van der Waals surface area contributed by atoms with Crippen LogP contribution in [-0.4, -0.2) is 50.1 Å². The molecule has 164 valence electrons. The van der Waals surface area contributed by atoms with Gasteiger partial charge in [0, 0.05) is 19.4 Å². The molecular weight excluding hydrogens is 417 g/mol. The van der Waals surface area contributed by atoms with Crippen LogP contribution in [0, 0.1) is 0 Å². The maximum atomic E-state index is 12.8. The molecule has 0 saturated carbocycles. The van der Waals surface area contributed by atoms with Crippen molar-refractivity contribution in [3.05, 3.63) is 59.9 Å². The molecule has 3 N–H and O–H groups in total. The number of aromatic nitrogens is 3. The summed E-state index contributed by atoms with van der Waals surface area (Å²) < 4.78 is 45.5. The maximum absolute atomic E-state index is 12.8. The molecular formula is C20H19F3N4O4. The SMILES string of the molecule is Cn1ccc(-c2cc(C(=O)NC(CO)CO)cnc2Oc2ccc(C(F)(F)F)cc2)n1. The summed E-state index contributed by atoms with van der Waals surface area (Å²) in [4.78, 5) is 16.5. The van der Waals surface area contributed by atoms with E-state index in [9.17, 15) is 18.0 Å². The molecule has 0 saturated heterocycles. The lowest BCUT2D eigenvalue weighted by Crippen LogP contribution is -2.40. The van der Waals surface area contributed by atoms with Crippen LogP contribution in [0.4, 0.5) is 13.2 Å². The molecule has 1 aromatic carbocycles. The Kier molecular flexibility index (Phi) is 6.56. The van der Waals surface area contributed by atoms with Crippen LogP contribution in [0.5, 0.6) is 11.6 Å². The minimum absolute atomic E-state index is 0.0378. The van der Waals surface area contributed by atoms with Crippen LogP contribution in [0.3, 0.4) is 0 Å². The van der Waals surface area contributed by atoms with E-state index in [0.717, 1.165) is 12.1 Å². The highest BCUT2D eigenvalue weighted by atomic mass is 19.4. The van der Waals surface area contributed by atoms with Crippen LogP contribution in [0.1, 0.15) is 15.9 Å². The van der Waals surface area contributed by atoms with E-state index in [1.807, 2.05) is 0 Å². The van der Waals surface area contributed by atoms with Gasteiger partial charge in [0.15, 0.2) is 0 Å². The van der Waals surface area contributed by atoms with Crippen molar-refractivity contribution in [2.45, 2.75) is 12.2 Å². The Balaban J connectivity index is 1.93. The number of carbonyl (C=O) groups excluding carboxylic acids is 1. The van der Waals surface area contributed by atoms with Crippen LogP contribution in [0.15, 0.2) is 48.8 Å². The number of aliphatic hydroxyl groups is 2. The highest BCUT2D eigenvalue weighted by molar-refractivity contribution is 5.95. The first kappa shape index (κ1) is 22.2. The lowest BCUT2D eigenvalue weighted by molar-refractivity contribution is -0.137. The molecule has 0 spiro atoms. The van der Waals surface area contributed by atoms with Crippen molar-refractivity contribution >= 4 is 5.91 Å². The molecule has 0 atom stereocenters. The third-order valence-electron chi connectivity index (χ3n) is 4.28. The zero-order valence-electron chi connectivity index (χ0n) is 16.3. The Bertz CT molecular complexity index is 1050. The predicted octanol–water partition coefficient (Wildman–Crippen LogP) is 2.38. The van der Waals surface area contributed by atoms with E-state index >= 15 is 0 Å². The van der Waals surface area contributed by atoms with Crippen LogP contribution < -0.4 is 10.1 Å². The molecule has 3 rings (SSSR count). The summed E-state index contributed by atoms with van der Waals surface area (Å²) in [5.74, 6) is -0.426. The maximum Gasteiger partial charge on any atom is 0.416 e. The summed E-state index contributed by atoms with van der Waals surface area (Å²) >= 11 is 0. The summed E-state index contributed by atoms with van der Waals surface area (Å²) in [5.41, 5.74) is 0.0598. The summed E-state index contributed by atoms with van der Waals surface area (Å²) in [6.07, 6.45) is -1.59. The average Bonchev–Trinajstić information content (AvgIpc) is 3.18. The number of aryl methyl sites for hydroxylation is 1. The number of pyridine rings is 1. The van der Waals surface area contributed by atoms with E-state index in [0.29, 0.717) is 11.3 Å². The summed E-state index contributed by atoms with van der Waals surface area (Å²) in [7, 11) is 1.69. The average molecular weight is 436 g/mol.